The van der Waals surface area contributed by atoms with Crippen LogP contribution in [0.5, 0.6) is 11.5 Å². The minimum atomic E-state index is -0.320. The molecule has 0 saturated carbocycles. The van der Waals surface area contributed by atoms with Crippen LogP contribution in [0.2, 0.25) is 0 Å². The number of nitrogens with one attached hydrogen (secondary N) is 2. The monoisotopic (exact) mass is 532 g/mol. The molecule has 1 heterocycles. The Hall–Kier alpha value is -2.35. The molecule has 0 amide bonds. The van der Waals surface area contributed by atoms with E-state index in [1.807, 2.05) is 36.4 Å². The molecular weight excluding hydrogens is 515 g/mol. The standard InChI is InChI=1S/C23H19Br2FN2O2/c1-30-16-4-2-3-13(9-16)20-12-21(17-11-15(24)6-8-22(17)29)28-23(27-20)14-5-7-19(26)18(25)10-14/h2-12,21,23,27-29H,1H3. The summed E-state index contributed by atoms with van der Waals surface area (Å²) < 4.78 is 20.4. The van der Waals surface area contributed by atoms with Gasteiger partial charge in [-0.3, -0.25) is 5.32 Å². The van der Waals surface area contributed by atoms with Crippen LogP contribution in [0.25, 0.3) is 5.70 Å². The highest BCUT2D eigenvalue weighted by molar-refractivity contribution is 9.10. The Labute approximate surface area is 191 Å². The highest BCUT2D eigenvalue weighted by Gasteiger charge is 2.26. The van der Waals surface area contributed by atoms with Gasteiger partial charge in [-0.15, -0.1) is 0 Å². The minimum Gasteiger partial charge on any atom is -0.508 e. The van der Waals surface area contributed by atoms with Crippen molar-refractivity contribution in [3.63, 3.8) is 0 Å². The van der Waals surface area contributed by atoms with Crippen LogP contribution in [0, 0.1) is 5.82 Å². The second-order valence-electron chi connectivity index (χ2n) is 6.91. The fraction of sp³-hybridized carbons (Fsp3) is 0.130. The molecule has 3 aromatic rings. The number of ether oxygens (including phenoxy) is 1. The molecule has 30 heavy (non-hydrogen) atoms. The molecule has 3 N–H and O–H groups in total. The molecule has 154 valence electrons. The summed E-state index contributed by atoms with van der Waals surface area (Å²) in [6, 6.07) is 17.7. The molecule has 0 spiro atoms. The molecule has 4 nitrogen and oxygen atoms in total. The van der Waals surface area contributed by atoms with E-state index in [9.17, 15) is 9.50 Å². The van der Waals surface area contributed by atoms with Crippen LogP contribution >= 0.6 is 31.9 Å². The topological polar surface area (TPSA) is 53.5 Å². The average molecular weight is 534 g/mol. The van der Waals surface area contributed by atoms with Crippen LogP contribution in [0.15, 0.2) is 75.7 Å². The number of phenols is 1. The van der Waals surface area contributed by atoms with Gasteiger partial charge < -0.3 is 15.2 Å². The van der Waals surface area contributed by atoms with Gasteiger partial charge in [-0.05, 0) is 70.0 Å². The smallest absolute Gasteiger partial charge is 0.137 e. The summed E-state index contributed by atoms with van der Waals surface area (Å²) in [7, 11) is 1.63. The van der Waals surface area contributed by atoms with E-state index in [4.69, 9.17) is 4.74 Å². The summed E-state index contributed by atoms with van der Waals surface area (Å²) in [5.74, 6) is 0.619. The van der Waals surface area contributed by atoms with E-state index < -0.39 is 0 Å². The zero-order chi connectivity index (χ0) is 21.3. The lowest BCUT2D eigenvalue weighted by Crippen LogP contribution is -2.39. The summed E-state index contributed by atoms with van der Waals surface area (Å²) in [5, 5.41) is 17.4. The Balaban J connectivity index is 1.79. The third kappa shape index (κ3) is 4.38. The van der Waals surface area contributed by atoms with Gasteiger partial charge in [0.2, 0.25) is 0 Å². The van der Waals surface area contributed by atoms with Crippen molar-refractivity contribution >= 4 is 37.6 Å². The molecule has 2 unspecified atom stereocenters. The van der Waals surface area contributed by atoms with Gasteiger partial charge in [-0.2, -0.15) is 0 Å². The van der Waals surface area contributed by atoms with Crippen LogP contribution < -0.4 is 15.4 Å². The molecule has 3 aromatic carbocycles. The van der Waals surface area contributed by atoms with Gasteiger partial charge in [0.1, 0.15) is 23.5 Å². The fourth-order valence-corrected chi connectivity index (χ4v) is 4.21. The van der Waals surface area contributed by atoms with E-state index in [-0.39, 0.29) is 23.8 Å². The van der Waals surface area contributed by atoms with Crippen LogP contribution in [-0.2, 0) is 0 Å². The zero-order valence-corrected chi connectivity index (χ0v) is 19.2. The van der Waals surface area contributed by atoms with Crippen LogP contribution in [0.1, 0.15) is 28.9 Å². The van der Waals surface area contributed by atoms with Crippen molar-refractivity contribution in [2.24, 2.45) is 0 Å². The molecule has 0 aliphatic carbocycles. The van der Waals surface area contributed by atoms with E-state index in [0.29, 0.717) is 4.47 Å². The van der Waals surface area contributed by atoms with Gasteiger partial charge in [-0.25, -0.2) is 4.39 Å². The Morgan fingerprint density at radius 1 is 1.03 bits per heavy atom. The number of aromatic hydroxyl groups is 1. The van der Waals surface area contributed by atoms with Crippen molar-refractivity contribution in [2.45, 2.75) is 12.2 Å². The number of hydrogen-bond donors (Lipinski definition) is 3. The summed E-state index contributed by atoms with van der Waals surface area (Å²) in [5.41, 5.74) is 3.41. The molecule has 4 rings (SSSR count). The molecule has 0 radical (unpaired) electrons. The lowest BCUT2D eigenvalue weighted by atomic mass is 9.98. The highest BCUT2D eigenvalue weighted by atomic mass is 79.9. The van der Waals surface area contributed by atoms with Crippen molar-refractivity contribution < 1.29 is 14.2 Å². The highest BCUT2D eigenvalue weighted by Crippen LogP contribution is 2.35. The first-order valence-electron chi connectivity index (χ1n) is 9.27. The van der Waals surface area contributed by atoms with Crippen LogP contribution in [0.4, 0.5) is 4.39 Å². The van der Waals surface area contributed by atoms with Gasteiger partial charge in [0, 0.05) is 21.3 Å². The second-order valence-corrected chi connectivity index (χ2v) is 8.68. The molecule has 0 bridgehead atoms. The number of methoxy groups -OCH3 is 1. The lowest BCUT2D eigenvalue weighted by Gasteiger charge is -2.33. The summed E-state index contributed by atoms with van der Waals surface area (Å²) in [6.07, 6.45) is 1.71. The van der Waals surface area contributed by atoms with Crippen molar-refractivity contribution in [3.05, 3.63) is 98.2 Å². The Bertz CT molecular complexity index is 1120. The third-order valence-corrected chi connectivity index (χ3v) is 6.06. The predicted octanol–water partition coefficient (Wildman–Crippen LogP) is 6.04. The second kappa shape index (κ2) is 8.79. The van der Waals surface area contributed by atoms with E-state index in [0.717, 1.165) is 32.6 Å². The maximum atomic E-state index is 13.8. The first kappa shape index (κ1) is 20.9. The van der Waals surface area contributed by atoms with Gasteiger partial charge in [-0.1, -0.05) is 34.1 Å². The third-order valence-electron chi connectivity index (χ3n) is 4.96. The molecule has 7 heteroatoms. The number of phenolic OH excluding ortho intramolecular Hbond substituents is 1. The molecule has 0 fully saturated rings. The normalized spacial score (nSPS) is 18.5. The van der Waals surface area contributed by atoms with Gasteiger partial charge in [0.25, 0.3) is 0 Å². The fourth-order valence-electron chi connectivity index (χ4n) is 3.44. The molecular formula is C23H19Br2FN2O2. The van der Waals surface area contributed by atoms with E-state index in [1.54, 1.807) is 31.4 Å². The van der Waals surface area contributed by atoms with Crippen LogP contribution in [0.3, 0.4) is 0 Å². The summed E-state index contributed by atoms with van der Waals surface area (Å²) >= 11 is 6.74. The van der Waals surface area contributed by atoms with Crippen molar-refractivity contribution in [1.82, 2.24) is 10.6 Å². The maximum absolute atomic E-state index is 13.8. The molecule has 1 aliphatic rings. The number of rotatable bonds is 4. The van der Waals surface area contributed by atoms with Crippen LogP contribution in [-0.4, -0.2) is 12.2 Å². The molecule has 0 saturated heterocycles. The Morgan fingerprint density at radius 2 is 1.87 bits per heavy atom. The molecule has 2 atom stereocenters. The van der Waals surface area contributed by atoms with E-state index >= 15 is 0 Å². The first-order valence-corrected chi connectivity index (χ1v) is 10.9. The minimum absolute atomic E-state index is 0.192. The zero-order valence-electron chi connectivity index (χ0n) is 16.0. The summed E-state index contributed by atoms with van der Waals surface area (Å²) in [6.45, 7) is 0. The summed E-state index contributed by atoms with van der Waals surface area (Å²) in [4.78, 5) is 0. The Kier molecular flexibility index (Phi) is 6.13. The molecule has 0 aromatic heterocycles. The number of hydrogen-bond acceptors (Lipinski definition) is 4. The quantitative estimate of drug-likeness (QED) is 0.383. The van der Waals surface area contributed by atoms with Gasteiger partial charge >= 0.3 is 0 Å². The largest absolute Gasteiger partial charge is 0.508 e. The maximum Gasteiger partial charge on any atom is 0.137 e. The predicted molar refractivity (Wildman–Crippen MR) is 123 cm³/mol. The van der Waals surface area contributed by atoms with Gasteiger partial charge in [0.15, 0.2) is 0 Å². The first-order chi connectivity index (χ1) is 14.4. The number of halogens is 3. The van der Waals surface area contributed by atoms with Crippen molar-refractivity contribution in [3.8, 4) is 11.5 Å². The van der Waals surface area contributed by atoms with Gasteiger partial charge in [0.05, 0.1) is 17.6 Å². The van der Waals surface area contributed by atoms with E-state index in [1.165, 1.54) is 6.07 Å². The SMILES string of the molecule is COc1cccc(C2=CC(c3cc(Br)ccc3O)NC(c3ccc(F)c(Br)c3)N2)c1. The lowest BCUT2D eigenvalue weighted by molar-refractivity contribution is 0.412. The average Bonchev–Trinajstić information content (AvgIpc) is 2.77. The number of benzene rings is 3. The molecule has 1 aliphatic heterocycles. The van der Waals surface area contributed by atoms with E-state index in [2.05, 4.69) is 42.5 Å². The van der Waals surface area contributed by atoms with Crippen molar-refractivity contribution in [2.75, 3.05) is 7.11 Å². The van der Waals surface area contributed by atoms with Crippen molar-refractivity contribution in [1.29, 1.82) is 0 Å². The Morgan fingerprint density at radius 3 is 2.63 bits per heavy atom.